The molecule has 0 aromatic heterocycles. The number of hydrogen-bond acceptors (Lipinski definition) is 2. The molecule has 1 aromatic rings. The van der Waals surface area contributed by atoms with Gasteiger partial charge >= 0.3 is 0 Å². The Bertz CT molecular complexity index is 635. The molecule has 3 aliphatic carbocycles. The molecule has 0 amide bonds. The van der Waals surface area contributed by atoms with Crippen molar-refractivity contribution in [2.75, 3.05) is 0 Å². The number of hydrogen-bond donors (Lipinski definition) is 2. The highest BCUT2D eigenvalue weighted by Crippen LogP contribution is 2.63. The van der Waals surface area contributed by atoms with Crippen LogP contribution in [-0.4, -0.2) is 16.3 Å². The van der Waals surface area contributed by atoms with Crippen LogP contribution in [0.15, 0.2) is 30.4 Å². The Labute approximate surface area is 139 Å². The van der Waals surface area contributed by atoms with Gasteiger partial charge < -0.3 is 10.2 Å². The van der Waals surface area contributed by atoms with E-state index < -0.39 is 0 Å². The Hall–Kier alpha value is -1.28. The molecule has 23 heavy (non-hydrogen) atoms. The van der Waals surface area contributed by atoms with Crippen molar-refractivity contribution >= 4 is 0 Å². The molecule has 0 saturated heterocycles. The van der Waals surface area contributed by atoms with Gasteiger partial charge in [0.25, 0.3) is 0 Å². The smallest absolute Gasteiger partial charge is 0.115 e. The minimum absolute atomic E-state index is 0.179. The molecule has 0 spiro atoms. The maximum Gasteiger partial charge on any atom is 0.115 e. The topological polar surface area (TPSA) is 40.5 Å². The maximum absolute atomic E-state index is 10.7. The number of benzene rings is 1. The van der Waals surface area contributed by atoms with E-state index in [1.165, 1.54) is 30.4 Å². The summed E-state index contributed by atoms with van der Waals surface area (Å²) in [5.41, 5.74) is 3.09. The average Bonchev–Trinajstić information content (AvgIpc) is 2.77. The van der Waals surface area contributed by atoms with Crippen LogP contribution in [0.25, 0.3) is 0 Å². The molecule has 0 aliphatic heterocycles. The molecule has 0 bridgehead atoms. The summed E-state index contributed by atoms with van der Waals surface area (Å²) < 4.78 is 0. The number of fused-ring (bicyclic) bond motifs is 5. The second kappa shape index (κ2) is 5.37. The van der Waals surface area contributed by atoms with Crippen LogP contribution in [-0.2, 0) is 6.42 Å². The summed E-state index contributed by atoms with van der Waals surface area (Å²) in [7, 11) is 0. The highest BCUT2D eigenvalue weighted by atomic mass is 16.3. The molecule has 2 N–H and O–H groups in total. The SMILES string of the molecule is CC=C[C@@H]1[C@H]2[C@@H]3CCc4cc(O)ccc4[C@H]3CC[C@]2(C)C[C@@H]1O. The van der Waals surface area contributed by atoms with E-state index in [0.717, 1.165) is 12.8 Å². The zero-order chi connectivity index (χ0) is 16.2. The lowest BCUT2D eigenvalue weighted by molar-refractivity contribution is 0.0431. The van der Waals surface area contributed by atoms with Gasteiger partial charge in [0, 0.05) is 5.92 Å². The van der Waals surface area contributed by atoms with E-state index in [-0.39, 0.29) is 6.10 Å². The lowest BCUT2D eigenvalue weighted by Gasteiger charge is -2.50. The Kier molecular flexibility index (Phi) is 3.57. The average molecular weight is 312 g/mol. The molecule has 2 fully saturated rings. The number of phenolic OH excluding ortho intramolecular Hbond substituents is 1. The van der Waals surface area contributed by atoms with Gasteiger partial charge in [-0.2, -0.15) is 0 Å². The first kappa shape index (κ1) is 15.3. The number of phenols is 1. The van der Waals surface area contributed by atoms with Crippen LogP contribution in [0.4, 0.5) is 0 Å². The minimum Gasteiger partial charge on any atom is -0.508 e. The van der Waals surface area contributed by atoms with E-state index in [1.54, 1.807) is 0 Å². The van der Waals surface area contributed by atoms with Crippen molar-refractivity contribution in [2.24, 2.45) is 23.2 Å². The molecule has 6 atom stereocenters. The van der Waals surface area contributed by atoms with Crippen LogP contribution in [0.1, 0.15) is 56.6 Å². The first-order valence-corrected chi connectivity index (χ1v) is 9.16. The van der Waals surface area contributed by atoms with Crippen LogP contribution in [0.3, 0.4) is 0 Å². The van der Waals surface area contributed by atoms with E-state index in [4.69, 9.17) is 0 Å². The van der Waals surface area contributed by atoms with Gasteiger partial charge in [-0.25, -0.2) is 0 Å². The van der Waals surface area contributed by atoms with E-state index in [1.807, 2.05) is 12.1 Å². The molecular weight excluding hydrogens is 284 g/mol. The van der Waals surface area contributed by atoms with E-state index in [9.17, 15) is 10.2 Å². The number of rotatable bonds is 1. The van der Waals surface area contributed by atoms with Crippen LogP contribution in [0.2, 0.25) is 0 Å². The quantitative estimate of drug-likeness (QED) is 0.754. The van der Waals surface area contributed by atoms with Gasteiger partial charge in [-0.1, -0.05) is 25.1 Å². The summed E-state index contributed by atoms with van der Waals surface area (Å²) in [6.07, 6.45) is 9.86. The van der Waals surface area contributed by atoms with Gasteiger partial charge in [0.05, 0.1) is 6.10 Å². The van der Waals surface area contributed by atoms with Crippen molar-refractivity contribution in [2.45, 2.75) is 58.0 Å². The van der Waals surface area contributed by atoms with Gasteiger partial charge in [-0.15, -0.1) is 0 Å². The fourth-order valence-electron chi connectivity index (χ4n) is 6.20. The number of aromatic hydroxyl groups is 1. The molecule has 4 rings (SSSR count). The lowest BCUT2D eigenvalue weighted by atomic mass is 9.54. The zero-order valence-corrected chi connectivity index (χ0v) is 14.2. The fraction of sp³-hybridized carbons (Fsp3) is 0.619. The normalized spacial score (nSPS) is 42.3. The first-order chi connectivity index (χ1) is 11.0. The number of aliphatic hydroxyl groups is 1. The molecule has 2 nitrogen and oxygen atoms in total. The zero-order valence-electron chi connectivity index (χ0n) is 14.2. The van der Waals surface area contributed by atoms with Gasteiger partial charge in [-0.3, -0.25) is 0 Å². The van der Waals surface area contributed by atoms with Crippen molar-refractivity contribution in [1.29, 1.82) is 0 Å². The predicted octanol–water partition coefficient (Wildman–Crippen LogP) is 4.41. The van der Waals surface area contributed by atoms with E-state index >= 15 is 0 Å². The monoisotopic (exact) mass is 312 g/mol. The summed E-state index contributed by atoms with van der Waals surface area (Å²) in [4.78, 5) is 0. The van der Waals surface area contributed by atoms with E-state index in [0.29, 0.717) is 34.8 Å². The van der Waals surface area contributed by atoms with Crippen LogP contribution < -0.4 is 0 Å². The van der Waals surface area contributed by atoms with Gasteiger partial charge in [-0.05, 0) is 85.5 Å². The largest absolute Gasteiger partial charge is 0.508 e. The molecule has 3 aliphatic rings. The van der Waals surface area contributed by atoms with Crippen LogP contribution in [0.5, 0.6) is 5.75 Å². The second-order valence-corrected chi connectivity index (χ2v) is 8.29. The number of allylic oxidation sites excluding steroid dienone is 1. The van der Waals surface area contributed by atoms with Crippen molar-refractivity contribution in [3.05, 3.63) is 41.5 Å². The predicted molar refractivity (Wildman–Crippen MR) is 92.4 cm³/mol. The summed E-state index contributed by atoms with van der Waals surface area (Å²) >= 11 is 0. The maximum atomic E-state index is 10.7. The number of aryl methyl sites for hydroxylation is 1. The summed E-state index contributed by atoms with van der Waals surface area (Å²) in [6.45, 7) is 4.48. The Morgan fingerprint density at radius 2 is 2.09 bits per heavy atom. The van der Waals surface area contributed by atoms with Crippen molar-refractivity contribution < 1.29 is 10.2 Å². The van der Waals surface area contributed by atoms with Crippen LogP contribution in [0, 0.1) is 23.2 Å². The first-order valence-electron chi connectivity index (χ1n) is 9.16. The molecule has 1 aromatic carbocycles. The Balaban J connectivity index is 1.73. The van der Waals surface area contributed by atoms with Crippen molar-refractivity contribution in [3.8, 4) is 5.75 Å². The summed E-state index contributed by atoms with van der Waals surface area (Å²) in [5.74, 6) is 2.58. The van der Waals surface area contributed by atoms with Crippen LogP contribution >= 0.6 is 0 Å². The highest BCUT2D eigenvalue weighted by molar-refractivity contribution is 5.40. The molecule has 2 heteroatoms. The summed E-state index contributed by atoms with van der Waals surface area (Å²) in [5, 5.41) is 20.4. The third kappa shape index (κ3) is 2.26. The Morgan fingerprint density at radius 1 is 1.26 bits per heavy atom. The molecule has 0 unspecified atom stereocenters. The fourth-order valence-corrected chi connectivity index (χ4v) is 6.20. The molecular formula is C21H28O2. The second-order valence-electron chi connectivity index (χ2n) is 8.29. The highest BCUT2D eigenvalue weighted by Gasteiger charge is 2.56. The molecule has 124 valence electrons. The molecule has 0 radical (unpaired) electrons. The summed E-state index contributed by atoms with van der Waals surface area (Å²) in [6, 6.07) is 5.97. The molecule has 2 saturated carbocycles. The molecule has 0 heterocycles. The minimum atomic E-state index is -0.179. The van der Waals surface area contributed by atoms with Gasteiger partial charge in [0.15, 0.2) is 0 Å². The van der Waals surface area contributed by atoms with Crippen molar-refractivity contribution in [3.63, 3.8) is 0 Å². The third-order valence-electron chi connectivity index (χ3n) is 7.03. The van der Waals surface area contributed by atoms with Crippen molar-refractivity contribution in [1.82, 2.24) is 0 Å². The van der Waals surface area contributed by atoms with E-state index in [2.05, 4.69) is 32.1 Å². The Morgan fingerprint density at radius 3 is 2.87 bits per heavy atom. The van der Waals surface area contributed by atoms with Gasteiger partial charge in [0.2, 0.25) is 0 Å². The lowest BCUT2D eigenvalue weighted by Crippen LogP contribution is -2.42. The number of aliphatic hydroxyl groups excluding tert-OH is 1. The van der Waals surface area contributed by atoms with Gasteiger partial charge in [0.1, 0.15) is 5.75 Å². The standard InChI is InChI=1S/C21H28O2/c1-3-4-18-19(23)12-21(2)10-9-16-15-8-6-14(22)11-13(15)5-7-17(16)20(18)21/h3-4,6,8,11,16-20,22-23H,5,7,9-10,12H2,1-2H3/t16-,17-,18+,19+,20-,21-/m1/s1. The third-order valence-corrected chi connectivity index (χ3v) is 7.03.